The van der Waals surface area contributed by atoms with Crippen LogP contribution < -0.4 is 5.32 Å². The van der Waals surface area contributed by atoms with Crippen LogP contribution in [0.3, 0.4) is 0 Å². The van der Waals surface area contributed by atoms with Crippen LogP contribution in [0.5, 0.6) is 0 Å². The number of hydrogen-bond donors (Lipinski definition) is 1. The maximum Gasteiger partial charge on any atom is 0.317 e. The molecule has 170 valence electrons. The van der Waals surface area contributed by atoms with Gasteiger partial charge in [0.05, 0.1) is 27.5 Å². The molecule has 0 fully saturated rings. The van der Waals surface area contributed by atoms with Gasteiger partial charge in [-0.3, -0.25) is 9.97 Å². The molecular formula is C23H33Cl2N5O. The molecule has 1 atom stereocenters. The molecule has 0 bridgehead atoms. The zero-order chi connectivity index (χ0) is 23.3. The second-order valence-corrected chi connectivity index (χ2v) is 9.60. The van der Waals surface area contributed by atoms with Crippen LogP contribution in [0.15, 0.2) is 24.5 Å². The Morgan fingerprint density at radius 3 is 2.39 bits per heavy atom. The molecule has 0 saturated heterocycles. The molecule has 0 aliphatic heterocycles. The predicted molar refractivity (Wildman–Crippen MR) is 129 cm³/mol. The van der Waals surface area contributed by atoms with Crippen LogP contribution in [-0.4, -0.2) is 59.5 Å². The number of aromatic nitrogens is 2. The first-order valence-corrected chi connectivity index (χ1v) is 11.2. The second kappa shape index (κ2) is 10.6. The summed E-state index contributed by atoms with van der Waals surface area (Å²) < 4.78 is 0. The normalized spacial score (nSPS) is 12.7. The molecular weight excluding hydrogens is 433 g/mol. The summed E-state index contributed by atoms with van der Waals surface area (Å²) in [7, 11) is 3.89. The largest absolute Gasteiger partial charge is 0.331 e. The molecule has 0 aliphatic carbocycles. The van der Waals surface area contributed by atoms with Crippen LogP contribution >= 0.6 is 23.2 Å². The van der Waals surface area contributed by atoms with E-state index in [1.165, 1.54) is 0 Å². The lowest BCUT2D eigenvalue weighted by Crippen LogP contribution is -2.46. The number of nitrogens with zero attached hydrogens (tertiary/aromatic N) is 4. The number of hydrogen-bond acceptors (Lipinski definition) is 4. The average Bonchev–Trinajstić information content (AvgIpc) is 2.69. The second-order valence-electron chi connectivity index (χ2n) is 8.84. The van der Waals surface area contributed by atoms with E-state index in [1.807, 2.05) is 33.0 Å². The van der Waals surface area contributed by atoms with E-state index in [1.54, 1.807) is 17.3 Å². The number of nitrogens with one attached hydrogen (secondary N) is 1. The number of aryl methyl sites for hydroxylation is 1. The first kappa shape index (κ1) is 25.4. The lowest BCUT2D eigenvalue weighted by atomic mass is 9.92. The quantitative estimate of drug-likeness (QED) is 0.563. The number of urea groups is 1. The van der Waals surface area contributed by atoms with Crippen molar-refractivity contribution in [1.29, 1.82) is 0 Å². The van der Waals surface area contributed by atoms with Crippen molar-refractivity contribution in [2.45, 2.75) is 40.7 Å². The maximum absolute atomic E-state index is 12.8. The van der Waals surface area contributed by atoms with Crippen LogP contribution in [0.4, 0.5) is 4.79 Å². The fourth-order valence-electron chi connectivity index (χ4n) is 3.73. The molecule has 1 unspecified atom stereocenters. The van der Waals surface area contributed by atoms with E-state index in [0.29, 0.717) is 22.3 Å². The first-order valence-electron chi connectivity index (χ1n) is 10.4. The van der Waals surface area contributed by atoms with E-state index in [-0.39, 0.29) is 17.5 Å². The minimum absolute atomic E-state index is 0.0305. The average molecular weight is 466 g/mol. The van der Waals surface area contributed by atoms with Crippen LogP contribution in [0.1, 0.15) is 45.0 Å². The number of carbonyl (C=O) groups is 1. The minimum Gasteiger partial charge on any atom is -0.331 e. The van der Waals surface area contributed by atoms with Gasteiger partial charge in [-0.15, -0.1) is 0 Å². The fraction of sp³-hybridized carbons (Fsp3) is 0.522. The van der Waals surface area contributed by atoms with Crippen LogP contribution in [0, 0.1) is 12.3 Å². The highest BCUT2D eigenvalue weighted by Gasteiger charge is 2.25. The van der Waals surface area contributed by atoms with Gasteiger partial charge in [-0.2, -0.15) is 0 Å². The minimum atomic E-state index is -0.307. The number of carbonyl (C=O) groups excluding carboxylic acids is 1. The Balaban J connectivity index is 2.13. The van der Waals surface area contributed by atoms with Gasteiger partial charge in [-0.25, -0.2) is 4.79 Å². The van der Waals surface area contributed by atoms with Gasteiger partial charge in [0.2, 0.25) is 0 Å². The zero-order valence-electron chi connectivity index (χ0n) is 19.5. The van der Waals surface area contributed by atoms with E-state index >= 15 is 0 Å². The Morgan fingerprint density at radius 2 is 1.77 bits per heavy atom. The van der Waals surface area contributed by atoms with Gasteiger partial charge in [0.15, 0.2) is 0 Å². The molecule has 6 nitrogen and oxygen atoms in total. The fourth-order valence-corrected chi connectivity index (χ4v) is 4.32. The Hall–Kier alpha value is -1.89. The van der Waals surface area contributed by atoms with Gasteiger partial charge in [-0.05, 0) is 38.4 Å². The highest BCUT2D eigenvalue weighted by atomic mass is 35.5. The Bertz CT molecular complexity index is 919. The molecule has 8 heteroatoms. The summed E-state index contributed by atoms with van der Waals surface area (Å²) in [6.07, 6.45) is 3.26. The van der Waals surface area contributed by atoms with Crippen molar-refractivity contribution in [3.8, 4) is 11.3 Å². The Labute approximate surface area is 196 Å². The topological polar surface area (TPSA) is 61.4 Å². The monoisotopic (exact) mass is 465 g/mol. The van der Waals surface area contributed by atoms with Gasteiger partial charge >= 0.3 is 6.03 Å². The molecule has 2 aromatic rings. The van der Waals surface area contributed by atoms with Crippen LogP contribution in [0.25, 0.3) is 11.3 Å². The van der Waals surface area contributed by atoms with Crippen LogP contribution in [0.2, 0.25) is 10.0 Å². The van der Waals surface area contributed by atoms with Gasteiger partial charge < -0.3 is 15.1 Å². The van der Waals surface area contributed by atoms with Crippen molar-refractivity contribution in [2.75, 3.05) is 33.7 Å². The van der Waals surface area contributed by atoms with E-state index < -0.39 is 0 Å². The molecule has 0 spiro atoms. The number of halogens is 2. The smallest absolute Gasteiger partial charge is 0.317 e. The Morgan fingerprint density at radius 1 is 1.13 bits per heavy atom. The summed E-state index contributed by atoms with van der Waals surface area (Å²) in [4.78, 5) is 25.4. The molecule has 31 heavy (non-hydrogen) atoms. The third kappa shape index (κ3) is 6.55. The molecule has 1 heterocycles. The van der Waals surface area contributed by atoms with Gasteiger partial charge in [0.25, 0.3) is 0 Å². The highest BCUT2D eigenvalue weighted by molar-refractivity contribution is 6.44. The third-order valence-corrected chi connectivity index (χ3v) is 6.20. The van der Waals surface area contributed by atoms with E-state index in [9.17, 15) is 4.79 Å². The molecule has 1 N–H and O–H groups in total. The lowest BCUT2D eigenvalue weighted by Gasteiger charge is -2.34. The summed E-state index contributed by atoms with van der Waals surface area (Å²) in [5, 5.41) is 3.84. The van der Waals surface area contributed by atoms with Crippen molar-refractivity contribution >= 4 is 29.2 Å². The predicted octanol–water partition coefficient (Wildman–Crippen LogP) is 5.44. The SMILES string of the molecule is CCN(C)CC(C)(C)CN(C)C(=O)NC(C)c1ccc(-c2nccnc2C)c(Cl)c1Cl. The molecule has 0 radical (unpaired) electrons. The van der Waals surface area contributed by atoms with Crippen molar-refractivity contribution in [2.24, 2.45) is 5.41 Å². The van der Waals surface area contributed by atoms with Gasteiger partial charge in [-0.1, -0.05) is 56.1 Å². The summed E-state index contributed by atoms with van der Waals surface area (Å²) >= 11 is 13.2. The van der Waals surface area contributed by atoms with Crippen molar-refractivity contribution in [1.82, 2.24) is 25.1 Å². The number of benzene rings is 1. The standard InChI is InChI=1S/C23H33Cl2N5O/c1-8-29(6)13-23(4,5)14-30(7)22(31)28-15(2)17-9-10-18(20(25)19(17)24)21-16(3)26-11-12-27-21/h9-12,15H,8,13-14H2,1-7H3,(H,28,31). The summed E-state index contributed by atoms with van der Waals surface area (Å²) in [6.45, 7) is 12.7. The van der Waals surface area contributed by atoms with Crippen molar-refractivity contribution in [3.05, 3.63) is 45.8 Å². The summed E-state index contributed by atoms with van der Waals surface area (Å²) in [6, 6.07) is 3.29. The number of rotatable bonds is 8. The molecule has 1 aromatic heterocycles. The molecule has 0 saturated carbocycles. The summed E-state index contributed by atoms with van der Waals surface area (Å²) in [5.74, 6) is 0. The van der Waals surface area contributed by atoms with E-state index in [0.717, 1.165) is 29.9 Å². The molecule has 1 aromatic carbocycles. The molecule has 2 amide bonds. The number of amides is 2. The van der Waals surface area contributed by atoms with Gasteiger partial charge in [0, 0.05) is 38.1 Å². The third-order valence-electron chi connectivity index (χ3n) is 5.30. The summed E-state index contributed by atoms with van der Waals surface area (Å²) in [5.41, 5.74) is 2.91. The van der Waals surface area contributed by atoms with Gasteiger partial charge in [0.1, 0.15) is 0 Å². The van der Waals surface area contributed by atoms with Crippen molar-refractivity contribution < 1.29 is 4.79 Å². The zero-order valence-corrected chi connectivity index (χ0v) is 21.0. The van der Waals surface area contributed by atoms with E-state index in [2.05, 4.69) is 48.0 Å². The molecule has 2 rings (SSSR count). The van der Waals surface area contributed by atoms with Crippen molar-refractivity contribution in [3.63, 3.8) is 0 Å². The Kier molecular flexibility index (Phi) is 8.69. The highest BCUT2D eigenvalue weighted by Crippen LogP contribution is 2.38. The first-order chi connectivity index (χ1) is 14.5. The molecule has 0 aliphatic rings. The van der Waals surface area contributed by atoms with Crippen LogP contribution in [-0.2, 0) is 0 Å². The van der Waals surface area contributed by atoms with E-state index in [4.69, 9.17) is 23.2 Å². The maximum atomic E-state index is 12.8. The lowest BCUT2D eigenvalue weighted by molar-refractivity contribution is 0.152.